The third-order valence-corrected chi connectivity index (χ3v) is 3.87. The fourth-order valence-corrected chi connectivity index (χ4v) is 2.87. The lowest BCUT2D eigenvalue weighted by Crippen LogP contribution is -2.55. The zero-order chi connectivity index (χ0) is 18.0. The van der Waals surface area contributed by atoms with Crippen LogP contribution in [0.2, 0.25) is 0 Å². The van der Waals surface area contributed by atoms with Crippen molar-refractivity contribution in [2.45, 2.75) is 26.1 Å². The van der Waals surface area contributed by atoms with Crippen LogP contribution in [-0.4, -0.2) is 22.2 Å². The van der Waals surface area contributed by atoms with Crippen LogP contribution in [0.25, 0.3) is 0 Å². The number of nitrogen functional groups attached to an aromatic ring is 1. The van der Waals surface area contributed by atoms with Crippen molar-refractivity contribution in [3.63, 3.8) is 0 Å². The first kappa shape index (κ1) is 16.6. The number of ether oxygens (including phenoxy) is 1. The van der Waals surface area contributed by atoms with E-state index < -0.39 is 5.66 Å². The van der Waals surface area contributed by atoms with Crippen molar-refractivity contribution in [2.75, 3.05) is 5.73 Å². The van der Waals surface area contributed by atoms with Gasteiger partial charge in [-0.3, -0.25) is 5.73 Å². The van der Waals surface area contributed by atoms with E-state index in [4.69, 9.17) is 21.9 Å². The summed E-state index contributed by atoms with van der Waals surface area (Å²) in [5.74, 6) is 1.45. The summed E-state index contributed by atoms with van der Waals surface area (Å²) in [4.78, 5) is 4.41. The SMILES string of the molecule is CC1(C)N=C(N)NC(N)=[N+]1c1cccc(OCc2cccc(N)c2)c1. The molecule has 2 aromatic carbocycles. The molecule has 130 valence electrons. The van der Waals surface area contributed by atoms with Gasteiger partial charge in [0.25, 0.3) is 5.96 Å². The van der Waals surface area contributed by atoms with Gasteiger partial charge in [-0.15, -0.1) is 0 Å². The first-order valence-electron chi connectivity index (χ1n) is 7.97. The maximum Gasteiger partial charge on any atom is 0.357 e. The van der Waals surface area contributed by atoms with Crippen molar-refractivity contribution in [2.24, 2.45) is 16.5 Å². The number of guanidine groups is 2. The number of rotatable bonds is 4. The van der Waals surface area contributed by atoms with E-state index in [1.807, 2.05) is 67.0 Å². The zero-order valence-corrected chi connectivity index (χ0v) is 14.4. The van der Waals surface area contributed by atoms with Gasteiger partial charge in [0.15, 0.2) is 5.66 Å². The molecule has 0 fully saturated rings. The Kier molecular flexibility index (Phi) is 4.22. The molecule has 1 aliphatic heterocycles. The summed E-state index contributed by atoms with van der Waals surface area (Å²) < 4.78 is 7.76. The third-order valence-electron chi connectivity index (χ3n) is 3.87. The Hall–Kier alpha value is -3.22. The quantitative estimate of drug-likeness (QED) is 0.497. The Morgan fingerprint density at radius 3 is 2.56 bits per heavy atom. The second-order valence-corrected chi connectivity index (χ2v) is 6.37. The first-order valence-corrected chi connectivity index (χ1v) is 7.97. The minimum atomic E-state index is -0.605. The lowest BCUT2D eigenvalue weighted by Gasteiger charge is -2.28. The molecule has 0 amide bonds. The van der Waals surface area contributed by atoms with E-state index in [1.165, 1.54) is 0 Å². The van der Waals surface area contributed by atoms with Crippen LogP contribution in [0.1, 0.15) is 19.4 Å². The highest BCUT2D eigenvalue weighted by molar-refractivity contribution is 5.96. The van der Waals surface area contributed by atoms with Crippen molar-refractivity contribution in [3.05, 3.63) is 54.1 Å². The topological polar surface area (TPSA) is 115 Å². The van der Waals surface area contributed by atoms with Crippen LogP contribution < -0.4 is 27.3 Å². The summed E-state index contributed by atoms with van der Waals surface area (Å²) in [6.07, 6.45) is 0. The van der Waals surface area contributed by atoms with E-state index in [2.05, 4.69) is 10.3 Å². The maximum atomic E-state index is 6.12. The lowest BCUT2D eigenvalue weighted by atomic mass is 10.2. The molecule has 0 aliphatic carbocycles. The molecule has 0 unspecified atom stereocenters. The smallest absolute Gasteiger partial charge is 0.357 e. The van der Waals surface area contributed by atoms with Crippen LogP contribution in [0.3, 0.4) is 0 Å². The number of nitrogens with zero attached hydrogens (tertiary/aromatic N) is 2. The van der Waals surface area contributed by atoms with Crippen LogP contribution in [0.5, 0.6) is 5.75 Å². The molecule has 0 radical (unpaired) electrons. The average molecular weight is 339 g/mol. The predicted octanol–water partition coefficient (Wildman–Crippen LogP) is 1.46. The Bertz CT molecular complexity index is 856. The van der Waals surface area contributed by atoms with E-state index in [9.17, 15) is 0 Å². The molecule has 3 rings (SSSR count). The van der Waals surface area contributed by atoms with Crippen LogP contribution in [0.15, 0.2) is 53.5 Å². The molecule has 0 saturated heterocycles. The van der Waals surface area contributed by atoms with Crippen LogP contribution in [0, 0.1) is 0 Å². The number of aliphatic imine (C=N–C) groups is 1. The zero-order valence-electron chi connectivity index (χ0n) is 14.4. The minimum Gasteiger partial charge on any atom is -0.489 e. The van der Waals surface area contributed by atoms with E-state index in [0.717, 1.165) is 17.0 Å². The van der Waals surface area contributed by atoms with Gasteiger partial charge in [0.05, 0.1) is 0 Å². The highest BCUT2D eigenvalue weighted by atomic mass is 16.5. The Morgan fingerprint density at radius 1 is 1.08 bits per heavy atom. The highest BCUT2D eigenvalue weighted by Gasteiger charge is 2.34. The normalized spacial score (nSPS) is 16.2. The number of nitrogens with one attached hydrogen (secondary N) is 1. The molecule has 2 aromatic rings. The standard InChI is InChI=1S/C18H22N6O/c1-18(2)23-16(20)22-17(21)24(18)14-7-4-8-15(10-14)25-11-12-5-3-6-13(19)9-12/h3-10H,11,19H2,1-2H3,(H4,20,21,22,23)/p+1. The summed E-state index contributed by atoms with van der Waals surface area (Å²) in [7, 11) is 0. The molecule has 0 aromatic heterocycles. The van der Waals surface area contributed by atoms with Crippen LogP contribution >= 0.6 is 0 Å². The predicted molar refractivity (Wildman–Crippen MR) is 99.6 cm³/mol. The van der Waals surface area contributed by atoms with E-state index >= 15 is 0 Å². The van der Waals surface area contributed by atoms with Crippen LogP contribution in [0.4, 0.5) is 11.4 Å². The summed E-state index contributed by atoms with van der Waals surface area (Å²) >= 11 is 0. The molecule has 0 saturated carbocycles. The molecular weight excluding hydrogens is 316 g/mol. The summed E-state index contributed by atoms with van der Waals surface area (Å²) in [6, 6.07) is 15.3. The Balaban J connectivity index is 1.83. The lowest BCUT2D eigenvalue weighted by molar-refractivity contribution is -0.527. The molecular formula is C18H23N6O+. The van der Waals surface area contributed by atoms with E-state index in [-0.39, 0.29) is 0 Å². The molecule has 1 heterocycles. The monoisotopic (exact) mass is 339 g/mol. The number of hydrogen-bond donors (Lipinski definition) is 4. The van der Waals surface area contributed by atoms with Gasteiger partial charge in [0.1, 0.15) is 18.0 Å². The Morgan fingerprint density at radius 2 is 1.84 bits per heavy atom. The summed E-state index contributed by atoms with van der Waals surface area (Å²) in [5, 5.41) is 2.86. The van der Waals surface area contributed by atoms with Gasteiger partial charge in [-0.1, -0.05) is 18.2 Å². The summed E-state index contributed by atoms with van der Waals surface area (Å²) in [5.41, 5.74) is 19.7. The fourth-order valence-electron chi connectivity index (χ4n) is 2.87. The van der Waals surface area contributed by atoms with Crippen molar-refractivity contribution in [1.29, 1.82) is 0 Å². The number of benzene rings is 2. The molecule has 7 N–H and O–H groups in total. The van der Waals surface area contributed by atoms with Crippen LogP contribution in [-0.2, 0) is 6.61 Å². The van der Waals surface area contributed by atoms with E-state index in [1.54, 1.807) is 0 Å². The number of hydrogen-bond acceptors (Lipinski definition) is 6. The third kappa shape index (κ3) is 3.65. The van der Waals surface area contributed by atoms with Gasteiger partial charge >= 0.3 is 5.96 Å². The molecule has 0 atom stereocenters. The highest BCUT2D eigenvalue weighted by Crippen LogP contribution is 2.27. The molecule has 7 heteroatoms. The molecule has 0 spiro atoms. The van der Waals surface area contributed by atoms with Crippen molar-refractivity contribution >= 4 is 23.3 Å². The first-order chi connectivity index (χ1) is 11.8. The molecule has 25 heavy (non-hydrogen) atoms. The minimum absolute atomic E-state index is 0.299. The van der Waals surface area contributed by atoms with Gasteiger partial charge in [-0.05, 0) is 43.7 Å². The second kappa shape index (κ2) is 6.35. The van der Waals surface area contributed by atoms with Gasteiger partial charge in [-0.2, -0.15) is 4.99 Å². The second-order valence-electron chi connectivity index (χ2n) is 6.37. The molecule has 0 bridgehead atoms. The number of anilines is 1. The van der Waals surface area contributed by atoms with Crippen molar-refractivity contribution in [1.82, 2.24) is 5.32 Å². The number of nitrogens with two attached hydrogens (primary N) is 3. The Labute approximate surface area is 146 Å². The van der Waals surface area contributed by atoms with Gasteiger partial charge in [-0.25, -0.2) is 9.89 Å². The van der Waals surface area contributed by atoms with E-state index in [0.29, 0.717) is 24.2 Å². The summed E-state index contributed by atoms with van der Waals surface area (Å²) in [6.45, 7) is 4.31. The molecule has 1 aliphatic rings. The van der Waals surface area contributed by atoms with Gasteiger partial charge in [0, 0.05) is 11.8 Å². The van der Waals surface area contributed by atoms with Gasteiger partial charge in [0.2, 0.25) is 0 Å². The van der Waals surface area contributed by atoms with Crippen molar-refractivity contribution in [3.8, 4) is 5.75 Å². The average Bonchev–Trinajstić information content (AvgIpc) is 2.51. The van der Waals surface area contributed by atoms with Crippen molar-refractivity contribution < 1.29 is 9.31 Å². The molecule has 7 nitrogen and oxygen atoms in total. The fraction of sp³-hybridized carbons (Fsp3) is 0.222. The largest absolute Gasteiger partial charge is 0.489 e. The van der Waals surface area contributed by atoms with Gasteiger partial charge < -0.3 is 16.2 Å². The maximum absolute atomic E-state index is 6.12.